The second kappa shape index (κ2) is 9.23. The minimum Gasteiger partial charge on any atom is -0.469 e. The van der Waals surface area contributed by atoms with Crippen molar-refractivity contribution in [2.24, 2.45) is 0 Å². The monoisotopic (exact) mass is 401 g/mol. The molecule has 0 aliphatic carbocycles. The number of thioether (sulfide) groups is 1. The molecule has 28 heavy (non-hydrogen) atoms. The largest absolute Gasteiger partial charge is 0.469 e. The molecule has 0 unspecified atom stereocenters. The summed E-state index contributed by atoms with van der Waals surface area (Å²) in [6.07, 6.45) is 1.57. The number of amides is 1. The maximum atomic E-state index is 12.8. The van der Waals surface area contributed by atoms with E-state index in [0.717, 1.165) is 11.8 Å². The number of para-hydroxylation sites is 1. The molecule has 0 bridgehead atoms. The molecule has 1 amide bonds. The summed E-state index contributed by atoms with van der Waals surface area (Å²) in [7, 11) is 1.29. The van der Waals surface area contributed by atoms with E-state index in [-0.39, 0.29) is 36.7 Å². The van der Waals surface area contributed by atoms with Gasteiger partial charge in [0.05, 0.1) is 43.0 Å². The molecule has 9 heteroatoms. The maximum absolute atomic E-state index is 12.8. The summed E-state index contributed by atoms with van der Waals surface area (Å²) in [4.78, 5) is 40.9. The highest BCUT2D eigenvalue weighted by Gasteiger charge is 2.14. The van der Waals surface area contributed by atoms with Gasteiger partial charge in [-0.2, -0.15) is 0 Å². The number of nitrogens with one attached hydrogen (secondary N) is 1. The topological polar surface area (TPSA) is 103 Å². The Labute approximate surface area is 164 Å². The van der Waals surface area contributed by atoms with Crippen molar-refractivity contribution in [3.8, 4) is 0 Å². The molecule has 0 spiro atoms. The smallest absolute Gasteiger partial charge is 0.307 e. The number of hydrogen-bond acceptors (Lipinski definition) is 7. The predicted octanol–water partition coefficient (Wildman–Crippen LogP) is 1.96. The first-order chi connectivity index (χ1) is 13.6. The SMILES string of the molecule is COC(=O)CCn1c(SCC(=O)NCc2ccco2)nc2ccccc2c1=O. The lowest BCUT2D eigenvalue weighted by Gasteiger charge is -2.12. The molecule has 0 radical (unpaired) electrons. The van der Waals surface area contributed by atoms with Crippen molar-refractivity contribution in [3.05, 3.63) is 58.8 Å². The zero-order valence-corrected chi connectivity index (χ0v) is 16.0. The minimum absolute atomic E-state index is 0.0364. The van der Waals surface area contributed by atoms with Gasteiger partial charge < -0.3 is 14.5 Å². The fourth-order valence-corrected chi connectivity index (χ4v) is 3.40. The standard InChI is InChI=1S/C19H19N3O5S/c1-26-17(24)8-9-22-18(25)14-6-2-3-7-15(14)21-19(22)28-12-16(23)20-11-13-5-4-10-27-13/h2-7,10H,8-9,11-12H2,1H3,(H,20,23). The third kappa shape index (κ3) is 4.80. The maximum Gasteiger partial charge on any atom is 0.307 e. The molecule has 146 valence electrons. The van der Waals surface area contributed by atoms with Crippen LogP contribution in [0.3, 0.4) is 0 Å². The average molecular weight is 401 g/mol. The quantitative estimate of drug-likeness (QED) is 0.350. The van der Waals surface area contributed by atoms with E-state index < -0.39 is 5.97 Å². The summed E-state index contributed by atoms with van der Waals surface area (Å²) < 4.78 is 11.2. The number of nitrogens with zero attached hydrogens (tertiary/aromatic N) is 2. The second-order valence-corrected chi connectivity index (χ2v) is 6.78. The number of carbonyl (C=O) groups excluding carboxylic acids is 2. The van der Waals surface area contributed by atoms with Crippen molar-refractivity contribution in [1.82, 2.24) is 14.9 Å². The van der Waals surface area contributed by atoms with Crippen LogP contribution in [0.1, 0.15) is 12.2 Å². The molecule has 3 rings (SSSR count). The second-order valence-electron chi connectivity index (χ2n) is 5.84. The van der Waals surface area contributed by atoms with Crippen LogP contribution in [0.2, 0.25) is 0 Å². The van der Waals surface area contributed by atoms with Gasteiger partial charge in [-0.3, -0.25) is 19.0 Å². The van der Waals surface area contributed by atoms with Crippen LogP contribution in [0.4, 0.5) is 0 Å². The van der Waals surface area contributed by atoms with Crippen LogP contribution in [-0.4, -0.2) is 34.3 Å². The number of esters is 1. The molecule has 0 aliphatic heterocycles. The van der Waals surface area contributed by atoms with Crippen LogP contribution < -0.4 is 10.9 Å². The Hall–Kier alpha value is -3.07. The molecule has 1 N–H and O–H groups in total. The number of methoxy groups -OCH3 is 1. The Morgan fingerprint density at radius 1 is 1.25 bits per heavy atom. The summed E-state index contributed by atoms with van der Waals surface area (Å²) in [6, 6.07) is 10.5. The Bertz CT molecular complexity index is 1030. The molecule has 2 heterocycles. The van der Waals surface area contributed by atoms with E-state index in [4.69, 9.17) is 4.42 Å². The Morgan fingerprint density at radius 2 is 2.07 bits per heavy atom. The lowest BCUT2D eigenvalue weighted by atomic mass is 10.2. The zero-order valence-electron chi connectivity index (χ0n) is 15.2. The van der Waals surface area contributed by atoms with Crippen LogP contribution >= 0.6 is 11.8 Å². The zero-order chi connectivity index (χ0) is 19.9. The molecule has 0 saturated heterocycles. The Kier molecular flexibility index (Phi) is 6.49. The van der Waals surface area contributed by atoms with Gasteiger partial charge in [0.2, 0.25) is 5.91 Å². The molecule has 1 aromatic carbocycles. The van der Waals surface area contributed by atoms with E-state index in [2.05, 4.69) is 15.0 Å². The summed E-state index contributed by atoms with van der Waals surface area (Å²) in [6.45, 7) is 0.409. The number of carbonyl (C=O) groups is 2. The summed E-state index contributed by atoms with van der Waals surface area (Å²) in [5.41, 5.74) is 0.285. The third-order valence-corrected chi connectivity index (χ3v) is 4.94. The van der Waals surface area contributed by atoms with Crippen LogP contribution in [0.5, 0.6) is 0 Å². The predicted molar refractivity (Wildman–Crippen MR) is 104 cm³/mol. The molecule has 0 fully saturated rings. The fourth-order valence-electron chi connectivity index (χ4n) is 2.54. The molecule has 0 saturated carbocycles. The van der Waals surface area contributed by atoms with Crippen molar-refractivity contribution in [1.29, 1.82) is 0 Å². The molecular weight excluding hydrogens is 382 g/mol. The molecule has 2 aromatic heterocycles. The number of benzene rings is 1. The van der Waals surface area contributed by atoms with Crippen LogP contribution in [-0.2, 0) is 27.4 Å². The number of rotatable bonds is 8. The van der Waals surface area contributed by atoms with Crippen LogP contribution in [0, 0.1) is 0 Å². The summed E-state index contributed by atoms with van der Waals surface area (Å²) in [5.74, 6) is 0.0802. The number of aromatic nitrogens is 2. The first kappa shape index (κ1) is 19.7. The molecular formula is C19H19N3O5S. The number of ether oxygens (including phenoxy) is 1. The number of hydrogen-bond donors (Lipinski definition) is 1. The van der Waals surface area contributed by atoms with E-state index in [1.165, 1.54) is 17.9 Å². The summed E-state index contributed by atoms with van der Waals surface area (Å²) >= 11 is 1.14. The molecule has 0 atom stereocenters. The Balaban J connectivity index is 1.76. The Morgan fingerprint density at radius 3 is 2.82 bits per heavy atom. The van der Waals surface area contributed by atoms with Gasteiger partial charge in [-0.15, -0.1) is 0 Å². The van der Waals surface area contributed by atoms with E-state index in [1.807, 2.05) is 0 Å². The van der Waals surface area contributed by atoms with Gasteiger partial charge in [-0.25, -0.2) is 4.98 Å². The van der Waals surface area contributed by atoms with Crippen LogP contribution in [0.25, 0.3) is 10.9 Å². The highest BCUT2D eigenvalue weighted by Crippen LogP contribution is 2.18. The van der Waals surface area contributed by atoms with Crippen molar-refractivity contribution in [2.45, 2.75) is 24.7 Å². The highest BCUT2D eigenvalue weighted by atomic mass is 32.2. The molecule has 8 nitrogen and oxygen atoms in total. The van der Waals surface area contributed by atoms with Gasteiger partial charge in [0.1, 0.15) is 5.76 Å². The lowest BCUT2D eigenvalue weighted by molar-refractivity contribution is -0.140. The minimum atomic E-state index is -0.424. The first-order valence-corrected chi connectivity index (χ1v) is 9.55. The van der Waals surface area contributed by atoms with Gasteiger partial charge in [-0.1, -0.05) is 23.9 Å². The van der Waals surface area contributed by atoms with Gasteiger partial charge in [0.25, 0.3) is 5.56 Å². The molecule has 3 aromatic rings. The third-order valence-electron chi connectivity index (χ3n) is 3.97. The summed E-state index contributed by atoms with van der Waals surface area (Å²) in [5, 5.41) is 3.58. The van der Waals surface area contributed by atoms with Gasteiger partial charge in [0.15, 0.2) is 5.16 Å². The highest BCUT2D eigenvalue weighted by molar-refractivity contribution is 7.99. The van der Waals surface area contributed by atoms with Gasteiger partial charge >= 0.3 is 5.97 Å². The van der Waals surface area contributed by atoms with E-state index in [0.29, 0.717) is 21.8 Å². The first-order valence-electron chi connectivity index (χ1n) is 8.56. The van der Waals surface area contributed by atoms with E-state index in [1.54, 1.807) is 36.4 Å². The average Bonchev–Trinajstić information content (AvgIpc) is 3.23. The van der Waals surface area contributed by atoms with Gasteiger partial charge in [0, 0.05) is 6.54 Å². The van der Waals surface area contributed by atoms with Crippen molar-refractivity contribution >= 4 is 34.5 Å². The number of furan rings is 1. The molecule has 0 aliphatic rings. The van der Waals surface area contributed by atoms with Crippen molar-refractivity contribution in [3.63, 3.8) is 0 Å². The number of fused-ring (bicyclic) bond motifs is 1. The fraction of sp³-hybridized carbons (Fsp3) is 0.263. The van der Waals surface area contributed by atoms with Crippen molar-refractivity contribution < 1.29 is 18.7 Å². The van der Waals surface area contributed by atoms with Crippen molar-refractivity contribution in [2.75, 3.05) is 12.9 Å². The lowest BCUT2D eigenvalue weighted by Crippen LogP contribution is -2.27. The van der Waals surface area contributed by atoms with Gasteiger partial charge in [-0.05, 0) is 24.3 Å². The normalized spacial score (nSPS) is 10.8. The van der Waals surface area contributed by atoms with Crippen LogP contribution in [0.15, 0.2) is 57.0 Å². The van der Waals surface area contributed by atoms with E-state index in [9.17, 15) is 14.4 Å². The van der Waals surface area contributed by atoms with E-state index >= 15 is 0 Å².